The van der Waals surface area contributed by atoms with Gasteiger partial charge in [-0.1, -0.05) is 0 Å². The molecule has 17 heavy (non-hydrogen) atoms. The van der Waals surface area contributed by atoms with E-state index >= 15 is 0 Å². The molecule has 0 aromatic heterocycles. The van der Waals surface area contributed by atoms with Crippen LogP contribution in [0.25, 0.3) is 0 Å². The first-order valence-corrected chi connectivity index (χ1v) is 6.84. The van der Waals surface area contributed by atoms with E-state index in [1.54, 1.807) is 18.7 Å². The summed E-state index contributed by atoms with van der Waals surface area (Å²) in [5, 5.41) is 0. The number of hydrogen-bond donors (Lipinski definition) is 1. The van der Waals surface area contributed by atoms with Gasteiger partial charge in [-0.15, -0.1) is 0 Å². The summed E-state index contributed by atoms with van der Waals surface area (Å²) in [7, 11) is 1.38. The Morgan fingerprint density at radius 2 is 2.06 bits per heavy atom. The van der Waals surface area contributed by atoms with Crippen LogP contribution >= 0.6 is 11.8 Å². The average molecular weight is 263 g/mol. The van der Waals surface area contributed by atoms with Crippen LogP contribution < -0.4 is 5.73 Å². The molecule has 0 saturated heterocycles. The lowest BCUT2D eigenvalue weighted by Crippen LogP contribution is -2.32. The molecular weight excluding hydrogens is 242 g/mol. The number of carbonyl (C=O) groups is 2. The van der Waals surface area contributed by atoms with Crippen molar-refractivity contribution in [1.29, 1.82) is 0 Å². The fourth-order valence-electron chi connectivity index (χ4n) is 1.10. The van der Waals surface area contributed by atoms with Gasteiger partial charge in [0.15, 0.2) is 0 Å². The smallest absolute Gasteiger partial charge is 0.322 e. The van der Waals surface area contributed by atoms with Crippen molar-refractivity contribution in [2.75, 3.05) is 25.2 Å². The van der Waals surface area contributed by atoms with Crippen molar-refractivity contribution in [2.24, 2.45) is 5.73 Å². The number of rotatable bonds is 9. The van der Waals surface area contributed by atoms with Gasteiger partial charge in [-0.3, -0.25) is 9.59 Å². The van der Waals surface area contributed by atoms with Gasteiger partial charge in [-0.25, -0.2) is 0 Å². The third-order valence-corrected chi connectivity index (χ3v) is 3.16. The van der Waals surface area contributed by atoms with Crippen molar-refractivity contribution < 1.29 is 19.1 Å². The van der Waals surface area contributed by atoms with Gasteiger partial charge >= 0.3 is 11.9 Å². The predicted molar refractivity (Wildman–Crippen MR) is 67.8 cm³/mol. The summed E-state index contributed by atoms with van der Waals surface area (Å²) in [6.07, 6.45) is 1.82. The molecule has 0 spiro atoms. The van der Waals surface area contributed by atoms with E-state index in [-0.39, 0.29) is 11.9 Å². The minimum Gasteiger partial charge on any atom is -0.469 e. The standard InChI is InChI=1S/C11H21NO4S/c1-3-16-11(14)9(12)6-8-17-7-4-5-10(13)15-2/h9H,3-8,12H2,1-2H3. The zero-order valence-corrected chi connectivity index (χ0v) is 11.3. The minimum atomic E-state index is -0.539. The molecule has 0 fully saturated rings. The van der Waals surface area contributed by atoms with Crippen LogP contribution in [0.1, 0.15) is 26.2 Å². The Labute approximate surface area is 106 Å². The Bertz CT molecular complexity index is 236. The number of ether oxygens (including phenoxy) is 2. The second-order valence-corrected chi connectivity index (χ2v) is 4.66. The van der Waals surface area contributed by atoms with Crippen LogP contribution in [0.4, 0.5) is 0 Å². The molecule has 0 aliphatic carbocycles. The Morgan fingerprint density at radius 3 is 2.65 bits per heavy atom. The second-order valence-electron chi connectivity index (χ2n) is 3.44. The van der Waals surface area contributed by atoms with Gasteiger partial charge in [-0.05, 0) is 31.3 Å². The van der Waals surface area contributed by atoms with Crippen LogP contribution in [0, 0.1) is 0 Å². The maximum Gasteiger partial charge on any atom is 0.322 e. The van der Waals surface area contributed by atoms with Gasteiger partial charge in [0.05, 0.1) is 13.7 Å². The van der Waals surface area contributed by atoms with E-state index in [0.717, 1.165) is 17.9 Å². The SMILES string of the molecule is CCOC(=O)C(N)CCSCCCC(=O)OC. The molecule has 5 nitrogen and oxygen atoms in total. The van der Waals surface area contributed by atoms with Crippen LogP contribution in [0.2, 0.25) is 0 Å². The quantitative estimate of drug-likeness (QED) is 0.493. The normalized spacial score (nSPS) is 11.9. The number of carbonyl (C=O) groups excluding carboxylic acids is 2. The average Bonchev–Trinajstić information content (AvgIpc) is 2.33. The van der Waals surface area contributed by atoms with Gasteiger partial charge in [0.25, 0.3) is 0 Å². The van der Waals surface area contributed by atoms with Crippen LogP contribution in [0.15, 0.2) is 0 Å². The highest BCUT2D eigenvalue weighted by Crippen LogP contribution is 2.08. The van der Waals surface area contributed by atoms with E-state index in [9.17, 15) is 9.59 Å². The first-order valence-electron chi connectivity index (χ1n) is 5.68. The monoisotopic (exact) mass is 263 g/mol. The maximum absolute atomic E-state index is 11.2. The predicted octanol–water partition coefficient (Wildman–Crippen LogP) is 0.953. The highest BCUT2D eigenvalue weighted by Gasteiger charge is 2.13. The molecule has 0 aromatic carbocycles. The summed E-state index contributed by atoms with van der Waals surface area (Å²) in [4.78, 5) is 22.0. The third-order valence-electron chi connectivity index (χ3n) is 2.06. The highest BCUT2D eigenvalue weighted by atomic mass is 32.2. The molecule has 0 bridgehead atoms. The summed E-state index contributed by atoms with van der Waals surface area (Å²) >= 11 is 1.67. The number of thioether (sulfide) groups is 1. The van der Waals surface area contributed by atoms with Crippen LogP contribution in [-0.4, -0.2) is 43.2 Å². The number of esters is 2. The Balaban J connectivity index is 3.39. The van der Waals surface area contributed by atoms with E-state index in [0.29, 0.717) is 19.4 Å². The summed E-state index contributed by atoms with van der Waals surface area (Å²) in [5.74, 6) is 1.13. The molecule has 1 atom stereocenters. The molecule has 0 rings (SSSR count). The van der Waals surface area contributed by atoms with Crippen molar-refractivity contribution >= 4 is 23.7 Å². The number of methoxy groups -OCH3 is 1. The summed E-state index contributed by atoms with van der Waals surface area (Å²) in [6, 6.07) is -0.539. The van der Waals surface area contributed by atoms with Gasteiger partial charge in [0.1, 0.15) is 6.04 Å². The van der Waals surface area contributed by atoms with E-state index in [1.165, 1.54) is 7.11 Å². The van der Waals surface area contributed by atoms with Crippen molar-refractivity contribution in [3.63, 3.8) is 0 Å². The molecule has 0 heterocycles. The minimum absolute atomic E-state index is 0.186. The molecule has 0 amide bonds. The molecule has 0 aliphatic rings. The van der Waals surface area contributed by atoms with Gasteiger partial charge in [-0.2, -0.15) is 11.8 Å². The lowest BCUT2D eigenvalue weighted by atomic mass is 10.2. The first-order chi connectivity index (χ1) is 8.11. The molecule has 1 unspecified atom stereocenters. The summed E-state index contributed by atoms with van der Waals surface area (Å²) in [5.41, 5.74) is 5.63. The molecule has 0 saturated carbocycles. The van der Waals surface area contributed by atoms with Gasteiger partial charge in [0.2, 0.25) is 0 Å². The fourth-order valence-corrected chi connectivity index (χ4v) is 2.07. The van der Waals surface area contributed by atoms with Gasteiger partial charge in [0, 0.05) is 6.42 Å². The Hall–Kier alpha value is -0.750. The molecule has 100 valence electrons. The fraction of sp³-hybridized carbons (Fsp3) is 0.818. The topological polar surface area (TPSA) is 78.6 Å². The molecular formula is C11H21NO4S. The van der Waals surface area contributed by atoms with E-state index in [1.807, 2.05) is 0 Å². The van der Waals surface area contributed by atoms with Crippen molar-refractivity contribution in [1.82, 2.24) is 0 Å². The molecule has 2 N–H and O–H groups in total. The zero-order chi connectivity index (χ0) is 13.1. The van der Waals surface area contributed by atoms with E-state index in [4.69, 9.17) is 10.5 Å². The highest BCUT2D eigenvalue weighted by molar-refractivity contribution is 7.99. The zero-order valence-electron chi connectivity index (χ0n) is 10.4. The molecule has 6 heteroatoms. The van der Waals surface area contributed by atoms with Crippen molar-refractivity contribution in [3.8, 4) is 0 Å². The van der Waals surface area contributed by atoms with E-state index in [2.05, 4.69) is 4.74 Å². The van der Waals surface area contributed by atoms with E-state index < -0.39 is 6.04 Å². The maximum atomic E-state index is 11.2. The lowest BCUT2D eigenvalue weighted by Gasteiger charge is -2.09. The van der Waals surface area contributed by atoms with Crippen molar-refractivity contribution in [3.05, 3.63) is 0 Å². The van der Waals surface area contributed by atoms with Gasteiger partial charge < -0.3 is 15.2 Å². The summed E-state index contributed by atoms with van der Waals surface area (Å²) < 4.78 is 9.32. The Morgan fingerprint density at radius 1 is 1.35 bits per heavy atom. The van der Waals surface area contributed by atoms with Crippen molar-refractivity contribution in [2.45, 2.75) is 32.2 Å². The third kappa shape index (κ3) is 9.00. The van der Waals surface area contributed by atoms with Crippen LogP contribution in [-0.2, 0) is 19.1 Å². The largest absolute Gasteiger partial charge is 0.469 e. The second kappa shape index (κ2) is 10.4. The lowest BCUT2D eigenvalue weighted by molar-refractivity contribution is -0.144. The number of hydrogen-bond acceptors (Lipinski definition) is 6. The van der Waals surface area contributed by atoms with Crippen LogP contribution in [0.5, 0.6) is 0 Å². The van der Waals surface area contributed by atoms with Crippen LogP contribution in [0.3, 0.4) is 0 Å². The first kappa shape index (κ1) is 16.2. The molecule has 0 aliphatic heterocycles. The Kier molecular flexibility index (Phi) is 9.95. The molecule has 0 aromatic rings. The summed E-state index contributed by atoms with van der Waals surface area (Å²) in [6.45, 7) is 2.12. The molecule has 0 radical (unpaired) electrons. The number of nitrogens with two attached hydrogens (primary N) is 1.